The highest BCUT2D eigenvalue weighted by Gasteiger charge is 2.09. The Labute approximate surface area is 191 Å². The van der Waals surface area contributed by atoms with Crippen LogP contribution in [0.15, 0.2) is 81.3 Å². The van der Waals surface area contributed by atoms with Gasteiger partial charge < -0.3 is 14.7 Å². The van der Waals surface area contributed by atoms with Crippen LogP contribution in [0.5, 0.6) is 0 Å². The molecule has 0 aliphatic carbocycles. The van der Waals surface area contributed by atoms with Gasteiger partial charge in [0.2, 0.25) is 0 Å². The molecule has 6 nitrogen and oxygen atoms in total. The van der Waals surface area contributed by atoms with Gasteiger partial charge in [0.1, 0.15) is 0 Å². The van der Waals surface area contributed by atoms with E-state index in [1.807, 2.05) is 67.6 Å². The number of benzene rings is 3. The maximum Gasteiger partial charge on any atom is 0.314 e. The summed E-state index contributed by atoms with van der Waals surface area (Å²) in [4.78, 5) is 33.7. The van der Waals surface area contributed by atoms with Crippen LogP contribution >= 0.6 is 23.5 Å². The van der Waals surface area contributed by atoms with Gasteiger partial charge in [-0.25, -0.2) is 0 Å². The summed E-state index contributed by atoms with van der Waals surface area (Å²) in [6.45, 7) is 1.94. The monoisotopic (exact) mass is 460 g/mol. The highest BCUT2D eigenvalue weighted by Crippen LogP contribution is 2.34. The molecule has 0 spiro atoms. The lowest BCUT2D eigenvalue weighted by Gasteiger charge is -2.12. The fraction of sp³-hybridized carbons (Fsp3) is 0.0417. The van der Waals surface area contributed by atoms with Crippen LogP contribution in [-0.4, -0.2) is 15.0 Å². The molecule has 32 heavy (non-hydrogen) atoms. The first-order chi connectivity index (χ1) is 15.5. The third-order valence-corrected chi connectivity index (χ3v) is 6.49. The van der Waals surface area contributed by atoms with Crippen LogP contribution in [0.25, 0.3) is 33.1 Å². The zero-order chi connectivity index (χ0) is 22.2. The third kappa shape index (κ3) is 3.88. The quantitative estimate of drug-likeness (QED) is 0.243. The van der Waals surface area contributed by atoms with E-state index in [-0.39, 0.29) is 0 Å². The standard InChI is InChI=1S/C24H17ClN4O2S/c1-13-9-20-21(28-24(31)23(30)27-20)12-22(13)32-29-16-6-7-17(18(25)11-16)15-5-4-14-3-2-8-26-19(14)10-15/h2-12,29H,1H3,(H,27,30)(H,28,31). The minimum atomic E-state index is -0.670. The molecule has 0 fully saturated rings. The number of nitrogens with one attached hydrogen (secondary N) is 3. The predicted octanol–water partition coefficient (Wildman–Crippen LogP) is 5.51. The van der Waals surface area contributed by atoms with Crippen molar-refractivity contribution < 1.29 is 0 Å². The molecule has 158 valence electrons. The molecule has 8 heteroatoms. The number of hydrogen-bond acceptors (Lipinski definition) is 5. The van der Waals surface area contributed by atoms with Crippen molar-refractivity contribution in [2.45, 2.75) is 11.8 Å². The number of H-pyrrole nitrogens is 2. The van der Waals surface area contributed by atoms with Gasteiger partial charge in [-0.05, 0) is 66.4 Å². The predicted molar refractivity (Wildman–Crippen MR) is 132 cm³/mol. The van der Waals surface area contributed by atoms with Crippen molar-refractivity contribution in [2.75, 3.05) is 4.72 Å². The summed E-state index contributed by atoms with van der Waals surface area (Å²) >= 11 is 8.00. The van der Waals surface area contributed by atoms with E-state index in [0.717, 1.165) is 38.2 Å². The summed E-state index contributed by atoms with van der Waals surface area (Å²) in [5, 5.41) is 1.71. The van der Waals surface area contributed by atoms with Crippen molar-refractivity contribution in [1.82, 2.24) is 15.0 Å². The Hall–Kier alpha value is -3.55. The molecule has 0 atom stereocenters. The minimum Gasteiger partial charge on any atom is -0.326 e. The van der Waals surface area contributed by atoms with Gasteiger partial charge in [-0.3, -0.25) is 14.6 Å². The lowest BCUT2D eigenvalue weighted by molar-refractivity contribution is 1.13. The van der Waals surface area contributed by atoms with Crippen LogP contribution in [0, 0.1) is 6.92 Å². The lowest BCUT2D eigenvalue weighted by Crippen LogP contribution is -2.28. The summed E-state index contributed by atoms with van der Waals surface area (Å²) in [5.41, 5.74) is 4.49. The third-order valence-electron chi connectivity index (χ3n) is 5.18. The summed E-state index contributed by atoms with van der Waals surface area (Å²) < 4.78 is 3.30. The maximum atomic E-state index is 11.6. The van der Waals surface area contributed by atoms with E-state index in [9.17, 15) is 9.59 Å². The number of halogens is 1. The van der Waals surface area contributed by atoms with Gasteiger partial charge >= 0.3 is 11.1 Å². The molecule has 2 aromatic heterocycles. The average molecular weight is 461 g/mol. The summed E-state index contributed by atoms with van der Waals surface area (Å²) in [5.74, 6) is 0. The van der Waals surface area contributed by atoms with E-state index < -0.39 is 11.1 Å². The van der Waals surface area contributed by atoms with E-state index in [2.05, 4.69) is 19.7 Å². The molecule has 3 N–H and O–H groups in total. The molecular formula is C24H17ClN4O2S. The number of aromatic amines is 2. The Morgan fingerprint density at radius 2 is 1.72 bits per heavy atom. The van der Waals surface area contributed by atoms with Gasteiger partial charge in [-0.2, -0.15) is 0 Å². The van der Waals surface area contributed by atoms with Crippen molar-refractivity contribution >= 4 is 51.2 Å². The Morgan fingerprint density at radius 3 is 2.50 bits per heavy atom. The number of hydrogen-bond donors (Lipinski definition) is 3. The average Bonchev–Trinajstić information content (AvgIpc) is 2.79. The molecule has 0 saturated heterocycles. The Balaban J connectivity index is 1.40. The molecule has 0 bridgehead atoms. The van der Waals surface area contributed by atoms with Gasteiger partial charge in [0.15, 0.2) is 0 Å². The molecule has 3 aromatic carbocycles. The summed E-state index contributed by atoms with van der Waals surface area (Å²) in [6.07, 6.45) is 1.78. The molecule has 5 aromatic rings. The molecule has 0 radical (unpaired) electrons. The molecule has 5 rings (SSSR count). The van der Waals surface area contributed by atoms with Gasteiger partial charge in [0.25, 0.3) is 0 Å². The number of aromatic nitrogens is 3. The van der Waals surface area contributed by atoms with Crippen LogP contribution in [-0.2, 0) is 0 Å². The number of aryl methyl sites for hydroxylation is 1. The number of fused-ring (bicyclic) bond motifs is 2. The minimum absolute atomic E-state index is 0.572. The first-order valence-electron chi connectivity index (χ1n) is 9.82. The number of pyridine rings is 1. The molecule has 0 aliphatic rings. The highest BCUT2D eigenvalue weighted by atomic mass is 35.5. The van der Waals surface area contributed by atoms with Gasteiger partial charge in [-0.1, -0.05) is 35.9 Å². The van der Waals surface area contributed by atoms with Gasteiger partial charge in [0.05, 0.1) is 21.6 Å². The highest BCUT2D eigenvalue weighted by molar-refractivity contribution is 8.00. The van der Waals surface area contributed by atoms with Crippen LogP contribution in [0.2, 0.25) is 5.02 Å². The maximum absolute atomic E-state index is 11.6. The first kappa shape index (κ1) is 20.4. The number of nitrogens with zero attached hydrogens (tertiary/aromatic N) is 1. The van der Waals surface area contributed by atoms with E-state index in [0.29, 0.717) is 16.1 Å². The van der Waals surface area contributed by atoms with Crippen LogP contribution in [0.3, 0.4) is 0 Å². The zero-order valence-corrected chi connectivity index (χ0v) is 18.5. The first-order valence-corrected chi connectivity index (χ1v) is 11.0. The Kier molecular flexibility index (Phi) is 5.20. The molecule has 0 amide bonds. The Morgan fingerprint density at radius 1 is 0.938 bits per heavy atom. The lowest BCUT2D eigenvalue weighted by atomic mass is 10.0. The van der Waals surface area contributed by atoms with Crippen LogP contribution in [0.4, 0.5) is 5.69 Å². The van der Waals surface area contributed by atoms with Gasteiger partial charge in [0, 0.05) is 27.7 Å². The van der Waals surface area contributed by atoms with E-state index in [1.54, 1.807) is 6.20 Å². The van der Waals surface area contributed by atoms with E-state index in [4.69, 9.17) is 11.6 Å². The molecule has 0 aliphatic heterocycles. The van der Waals surface area contributed by atoms with Crippen molar-refractivity contribution in [3.8, 4) is 11.1 Å². The fourth-order valence-electron chi connectivity index (χ4n) is 3.52. The van der Waals surface area contributed by atoms with Crippen molar-refractivity contribution in [3.63, 3.8) is 0 Å². The largest absolute Gasteiger partial charge is 0.326 e. The number of rotatable bonds is 4. The van der Waals surface area contributed by atoms with Crippen molar-refractivity contribution in [1.29, 1.82) is 0 Å². The zero-order valence-electron chi connectivity index (χ0n) is 16.9. The summed E-state index contributed by atoms with van der Waals surface area (Å²) in [6, 6.07) is 19.5. The van der Waals surface area contributed by atoms with E-state index >= 15 is 0 Å². The summed E-state index contributed by atoms with van der Waals surface area (Å²) in [7, 11) is 0. The smallest absolute Gasteiger partial charge is 0.314 e. The fourth-order valence-corrected chi connectivity index (χ4v) is 4.56. The topological polar surface area (TPSA) is 90.6 Å². The van der Waals surface area contributed by atoms with Crippen LogP contribution in [0.1, 0.15) is 5.56 Å². The van der Waals surface area contributed by atoms with Crippen LogP contribution < -0.4 is 15.8 Å². The molecular weight excluding hydrogens is 444 g/mol. The normalized spacial score (nSPS) is 11.2. The second-order valence-corrected chi connectivity index (χ2v) is 8.64. The van der Waals surface area contributed by atoms with Gasteiger partial charge in [-0.15, -0.1) is 0 Å². The van der Waals surface area contributed by atoms with Crippen molar-refractivity contribution in [3.05, 3.63) is 98.2 Å². The Bertz CT molecular complexity index is 1610. The second kappa shape index (κ2) is 8.18. The molecule has 0 unspecified atom stereocenters. The SMILES string of the molecule is Cc1cc2[nH]c(=O)c(=O)[nH]c2cc1SNc1ccc(-c2ccc3cccnc3c2)c(Cl)c1. The molecule has 2 heterocycles. The number of anilines is 1. The van der Waals surface area contributed by atoms with E-state index in [1.165, 1.54) is 11.9 Å². The molecule has 0 saturated carbocycles. The van der Waals surface area contributed by atoms with Crippen molar-refractivity contribution in [2.24, 2.45) is 0 Å². The second-order valence-electron chi connectivity index (χ2n) is 7.38.